The van der Waals surface area contributed by atoms with E-state index in [4.69, 9.17) is 0 Å². The van der Waals surface area contributed by atoms with Gasteiger partial charge in [0.15, 0.2) is 0 Å². The zero-order valence-electron chi connectivity index (χ0n) is 11.5. The fraction of sp³-hybridized carbons (Fsp3) is 0.500. The number of hydrogen-bond acceptors (Lipinski definition) is 3. The zero-order valence-corrected chi connectivity index (χ0v) is 12.3. The Bertz CT molecular complexity index is 497. The van der Waals surface area contributed by atoms with Crippen LogP contribution in [0, 0.1) is 6.92 Å². The Morgan fingerprint density at radius 1 is 1.44 bits per heavy atom. The molecule has 0 radical (unpaired) electrons. The topological polar surface area (TPSA) is 29.9 Å². The Balaban J connectivity index is 2.07. The van der Waals surface area contributed by atoms with Gasteiger partial charge in [0, 0.05) is 29.6 Å². The van der Waals surface area contributed by atoms with Gasteiger partial charge in [0.2, 0.25) is 5.95 Å². The second-order valence-electron chi connectivity index (χ2n) is 5.21. The molecule has 0 bridgehead atoms. The van der Waals surface area contributed by atoms with Gasteiger partial charge in [-0.3, -0.25) is 0 Å². The second-order valence-corrected chi connectivity index (χ2v) is 6.15. The molecule has 0 fully saturated rings. The summed E-state index contributed by atoms with van der Waals surface area (Å²) in [5.74, 6) is 0.972. The molecule has 2 rings (SSSR count). The molecule has 0 saturated heterocycles. The summed E-state index contributed by atoms with van der Waals surface area (Å²) < 4.78 is 2.15. The first kappa shape index (κ1) is 13.1. The van der Waals surface area contributed by atoms with Gasteiger partial charge in [-0.15, -0.1) is 11.3 Å². The molecule has 2 aromatic heterocycles. The summed E-state index contributed by atoms with van der Waals surface area (Å²) in [7, 11) is 0. The van der Waals surface area contributed by atoms with Crippen molar-refractivity contribution in [3.63, 3.8) is 0 Å². The monoisotopic (exact) mass is 263 g/mol. The van der Waals surface area contributed by atoms with E-state index < -0.39 is 0 Å². The summed E-state index contributed by atoms with van der Waals surface area (Å²) in [5.41, 5.74) is 1.19. The van der Waals surface area contributed by atoms with Crippen molar-refractivity contribution in [2.75, 3.05) is 11.9 Å². The highest BCUT2D eigenvalue weighted by Gasteiger charge is 2.22. The number of anilines is 1. The number of nitrogens with one attached hydrogen (secondary N) is 1. The van der Waals surface area contributed by atoms with Crippen LogP contribution in [0.4, 0.5) is 5.95 Å². The van der Waals surface area contributed by atoms with Gasteiger partial charge in [-0.2, -0.15) is 0 Å². The lowest BCUT2D eigenvalue weighted by atomic mass is 9.91. The Kier molecular flexibility index (Phi) is 3.76. The van der Waals surface area contributed by atoms with E-state index >= 15 is 0 Å². The molecule has 0 atom stereocenters. The Labute approximate surface area is 113 Å². The fourth-order valence-corrected chi connectivity index (χ4v) is 2.83. The van der Waals surface area contributed by atoms with Gasteiger partial charge in [0.1, 0.15) is 0 Å². The number of hydrogen-bond donors (Lipinski definition) is 1. The lowest BCUT2D eigenvalue weighted by Crippen LogP contribution is -2.27. The molecule has 0 aliphatic carbocycles. The number of aryl methyl sites for hydroxylation is 2. The Morgan fingerprint density at radius 2 is 2.22 bits per heavy atom. The molecule has 98 valence electrons. The summed E-state index contributed by atoms with van der Waals surface area (Å²) in [6, 6.07) is 4.31. The van der Waals surface area contributed by atoms with Crippen LogP contribution < -0.4 is 5.32 Å². The van der Waals surface area contributed by atoms with Crippen molar-refractivity contribution in [1.29, 1.82) is 0 Å². The predicted octanol–water partition coefficient (Wildman–Crippen LogP) is 3.66. The Morgan fingerprint density at radius 3 is 2.83 bits per heavy atom. The van der Waals surface area contributed by atoms with Crippen LogP contribution in [0.5, 0.6) is 0 Å². The van der Waals surface area contributed by atoms with E-state index in [1.165, 1.54) is 4.88 Å². The molecule has 0 amide bonds. The number of nitrogens with zero attached hydrogens (tertiary/aromatic N) is 2. The van der Waals surface area contributed by atoms with Crippen molar-refractivity contribution in [1.82, 2.24) is 9.55 Å². The van der Waals surface area contributed by atoms with Gasteiger partial charge >= 0.3 is 0 Å². The van der Waals surface area contributed by atoms with Crippen LogP contribution in [-0.2, 0) is 12.0 Å². The SMILES string of the molecule is CCn1cc(C)nc1NCC(C)(C)c1cccs1. The summed E-state index contributed by atoms with van der Waals surface area (Å²) in [4.78, 5) is 5.93. The maximum Gasteiger partial charge on any atom is 0.203 e. The zero-order chi connectivity index (χ0) is 13.2. The van der Waals surface area contributed by atoms with Crippen molar-refractivity contribution in [3.05, 3.63) is 34.3 Å². The Hall–Kier alpha value is -1.29. The minimum atomic E-state index is 0.132. The maximum atomic E-state index is 4.52. The first-order valence-corrected chi connectivity index (χ1v) is 7.22. The average molecular weight is 263 g/mol. The molecule has 0 spiro atoms. The quantitative estimate of drug-likeness (QED) is 0.892. The first-order chi connectivity index (χ1) is 8.53. The van der Waals surface area contributed by atoms with Crippen LogP contribution in [0.2, 0.25) is 0 Å². The molecular formula is C14H21N3S. The maximum absolute atomic E-state index is 4.52. The molecule has 0 aromatic carbocycles. The standard InChI is InChI=1S/C14H21N3S/c1-5-17-9-11(2)16-13(17)15-10-14(3,4)12-7-6-8-18-12/h6-9H,5,10H2,1-4H3,(H,15,16). The molecule has 0 unspecified atom stereocenters. The molecule has 0 aliphatic rings. The van der Waals surface area contributed by atoms with Crippen molar-refractivity contribution in [2.24, 2.45) is 0 Å². The van der Waals surface area contributed by atoms with Gasteiger partial charge in [-0.25, -0.2) is 4.98 Å². The van der Waals surface area contributed by atoms with Crippen LogP contribution in [-0.4, -0.2) is 16.1 Å². The van der Waals surface area contributed by atoms with Crippen LogP contribution in [0.15, 0.2) is 23.7 Å². The molecule has 0 saturated carbocycles. The lowest BCUT2D eigenvalue weighted by Gasteiger charge is -2.24. The van der Waals surface area contributed by atoms with E-state index in [-0.39, 0.29) is 5.41 Å². The highest BCUT2D eigenvalue weighted by atomic mass is 32.1. The fourth-order valence-electron chi connectivity index (χ4n) is 1.98. The molecular weight excluding hydrogens is 242 g/mol. The molecule has 2 heterocycles. The van der Waals surface area contributed by atoms with Gasteiger partial charge in [-0.1, -0.05) is 19.9 Å². The highest BCUT2D eigenvalue weighted by molar-refractivity contribution is 7.10. The normalized spacial score (nSPS) is 11.8. The van der Waals surface area contributed by atoms with Crippen LogP contribution in [0.1, 0.15) is 31.3 Å². The van der Waals surface area contributed by atoms with Gasteiger partial charge < -0.3 is 9.88 Å². The molecule has 18 heavy (non-hydrogen) atoms. The van der Waals surface area contributed by atoms with Crippen molar-refractivity contribution < 1.29 is 0 Å². The van der Waals surface area contributed by atoms with Crippen LogP contribution in [0.25, 0.3) is 0 Å². The largest absolute Gasteiger partial charge is 0.355 e. The summed E-state index contributed by atoms with van der Waals surface area (Å²) >= 11 is 1.81. The van der Waals surface area contributed by atoms with Gasteiger partial charge in [-0.05, 0) is 25.3 Å². The number of thiophene rings is 1. The molecule has 1 N–H and O–H groups in total. The van der Waals surface area contributed by atoms with E-state index in [0.29, 0.717) is 0 Å². The molecule has 2 aromatic rings. The molecule has 0 aliphatic heterocycles. The van der Waals surface area contributed by atoms with E-state index in [1.54, 1.807) is 0 Å². The van der Waals surface area contributed by atoms with Crippen molar-refractivity contribution >= 4 is 17.3 Å². The summed E-state index contributed by atoms with van der Waals surface area (Å²) in [6.07, 6.45) is 2.08. The van der Waals surface area contributed by atoms with Gasteiger partial charge in [0.25, 0.3) is 0 Å². The van der Waals surface area contributed by atoms with Crippen LogP contribution in [0.3, 0.4) is 0 Å². The predicted molar refractivity (Wildman–Crippen MR) is 78.5 cm³/mol. The average Bonchev–Trinajstić information content (AvgIpc) is 2.95. The smallest absolute Gasteiger partial charge is 0.203 e. The highest BCUT2D eigenvalue weighted by Crippen LogP contribution is 2.27. The first-order valence-electron chi connectivity index (χ1n) is 6.34. The van der Waals surface area contributed by atoms with E-state index in [1.807, 2.05) is 18.3 Å². The second kappa shape index (κ2) is 5.14. The van der Waals surface area contributed by atoms with Crippen LogP contribution >= 0.6 is 11.3 Å². The van der Waals surface area contributed by atoms with Gasteiger partial charge in [0.05, 0.1) is 5.69 Å². The van der Waals surface area contributed by atoms with E-state index in [2.05, 4.69) is 59.3 Å². The number of aromatic nitrogens is 2. The number of imidazole rings is 1. The third kappa shape index (κ3) is 2.75. The molecule has 3 nitrogen and oxygen atoms in total. The van der Waals surface area contributed by atoms with E-state index in [0.717, 1.165) is 24.7 Å². The minimum Gasteiger partial charge on any atom is -0.355 e. The third-order valence-electron chi connectivity index (χ3n) is 3.11. The minimum absolute atomic E-state index is 0.132. The third-order valence-corrected chi connectivity index (χ3v) is 4.35. The van der Waals surface area contributed by atoms with Crippen molar-refractivity contribution in [3.8, 4) is 0 Å². The lowest BCUT2D eigenvalue weighted by molar-refractivity contribution is 0.564. The number of rotatable bonds is 5. The van der Waals surface area contributed by atoms with E-state index in [9.17, 15) is 0 Å². The van der Waals surface area contributed by atoms with Crippen molar-refractivity contribution in [2.45, 2.75) is 39.7 Å². The summed E-state index contributed by atoms with van der Waals surface area (Å²) in [6.45, 7) is 10.5. The summed E-state index contributed by atoms with van der Waals surface area (Å²) in [5, 5.41) is 5.61. The molecule has 4 heteroatoms.